The molecule has 0 aromatic rings. The minimum Gasteiger partial charge on any atom is -0.390 e. The molecule has 0 saturated heterocycles. The highest BCUT2D eigenvalue weighted by atomic mass is 16.5. The Kier molecular flexibility index (Phi) is 5.46. The summed E-state index contributed by atoms with van der Waals surface area (Å²) >= 11 is 0. The normalized spacial score (nSPS) is 51.7. The van der Waals surface area contributed by atoms with Crippen LogP contribution < -0.4 is 0 Å². The molecule has 0 aromatic carbocycles. The smallest absolute Gasteiger partial charge is 0.0867 e. The molecule has 0 bridgehead atoms. The Morgan fingerprint density at radius 1 is 1.14 bits per heavy atom. The molecule has 3 N–H and O–H groups in total. The third kappa shape index (κ3) is 2.92. The predicted molar refractivity (Wildman–Crippen MR) is 107 cm³/mol. The summed E-state index contributed by atoms with van der Waals surface area (Å²) in [5.74, 6) is 1.23. The molecule has 0 unspecified atom stereocenters. The Morgan fingerprint density at radius 3 is 2.57 bits per heavy atom. The lowest BCUT2D eigenvalue weighted by atomic mass is 9.46. The fourth-order valence-corrected chi connectivity index (χ4v) is 7.86. The van der Waals surface area contributed by atoms with E-state index in [0.29, 0.717) is 31.3 Å². The summed E-state index contributed by atoms with van der Waals surface area (Å²) < 4.78 is 10.7. The van der Waals surface area contributed by atoms with Gasteiger partial charge in [-0.2, -0.15) is 0 Å². The lowest BCUT2D eigenvalue weighted by Crippen LogP contribution is -2.57. The summed E-state index contributed by atoms with van der Waals surface area (Å²) in [5, 5.41) is 32.6. The molecule has 3 saturated carbocycles. The van der Waals surface area contributed by atoms with Gasteiger partial charge in [0.2, 0.25) is 0 Å². The van der Waals surface area contributed by atoms with Crippen LogP contribution in [0.2, 0.25) is 0 Å². The molecule has 0 aromatic heterocycles. The fraction of sp³-hybridized carbons (Fsp3) is 0.913. The molecule has 0 spiro atoms. The molecule has 28 heavy (non-hydrogen) atoms. The van der Waals surface area contributed by atoms with Crippen LogP contribution in [0.5, 0.6) is 0 Å². The molecule has 4 rings (SSSR count). The van der Waals surface area contributed by atoms with E-state index in [4.69, 9.17) is 9.47 Å². The molecule has 0 aliphatic heterocycles. The molecular formula is C23H38O5. The Labute approximate surface area is 169 Å². The van der Waals surface area contributed by atoms with Gasteiger partial charge in [0.25, 0.3) is 0 Å². The maximum atomic E-state index is 11.2. The molecule has 0 amide bonds. The predicted octanol–water partition coefficient (Wildman–Crippen LogP) is 2.53. The van der Waals surface area contributed by atoms with Crippen molar-refractivity contribution in [1.29, 1.82) is 0 Å². The zero-order valence-corrected chi connectivity index (χ0v) is 17.8. The highest BCUT2D eigenvalue weighted by molar-refractivity contribution is 5.29. The van der Waals surface area contributed by atoms with Crippen molar-refractivity contribution < 1.29 is 24.8 Å². The van der Waals surface area contributed by atoms with Gasteiger partial charge in [-0.3, -0.25) is 0 Å². The summed E-state index contributed by atoms with van der Waals surface area (Å²) in [7, 11) is 3.31. The first-order valence-corrected chi connectivity index (χ1v) is 11.0. The third-order valence-corrected chi connectivity index (χ3v) is 9.31. The number of aliphatic hydroxyl groups excluding tert-OH is 3. The molecule has 3 fully saturated rings. The van der Waals surface area contributed by atoms with Crippen molar-refractivity contribution in [3.8, 4) is 0 Å². The van der Waals surface area contributed by atoms with E-state index in [1.54, 1.807) is 14.2 Å². The largest absolute Gasteiger partial charge is 0.390 e. The van der Waals surface area contributed by atoms with Crippen molar-refractivity contribution in [3.05, 3.63) is 11.6 Å². The van der Waals surface area contributed by atoms with Crippen LogP contribution >= 0.6 is 0 Å². The lowest BCUT2D eigenvalue weighted by Gasteiger charge is -2.60. The van der Waals surface area contributed by atoms with Gasteiger partial charge in [0.15, 0.2) is 0 Å². The van der Waals surface area contributed by atoms with Crippen molar-refractivity contribution in [2.24, 2.45) is 34.5 Å². The number of aliphatic hydroxyl groups is 3. The van der Waals surface area contributed by atoms with Crippen LogP contribution in [0.15, 0.2) is 11.6 Å². The second-order valence-corrected chi connectivity index (χ2v) is 10.4. The van der Waals surface area contributed by atoms with Gasteiger partial charge in [0, 0.05) is 14.2 Å². The topological polar surface area (TPSA) is 79.2 Å². The number of methoxy groups -OCH3 is 2. The Bertz CT molecular complexity index is 620. The van der Waals surface area contributed by atoms with Crippen molar-refractivity contribution >= 4 is 0 Å². The van der Waals surface area contributed by atoms with Gasteiger partial charge in [-0.25, -0.2) is 0 Å². The summed E-state index contributed by atoms with van der Waals surface area (Å²) in [6.45, 7) is 5.01. The summed E-state index contributed by atoms with van der Waals surface area (Å²) in [5.41, 5.74) is 1.25. The lowest BCUT2D eigenvalue weighted by molar-refractivity contribution is -0.128. The van der Waals surface area contributed by atoms with Gasteiger partial charge >= 0.3 is 0 Å². The minimum atomic E-state index is -0.448. The standard InChI is InChI=1S/C23H38O5/c1-22-8-7-16-21(15(22)6-5-14(22)19(26)12-27-3)17(24)9-13-10-20(28-4)18(25)11-23(13,16)2/h9,14-21,24-26H,5-8,10-12H2,1-4H3/t14-,15+,16+,17+,18-,19-,20-,21+,22-,23+/m1/s1. The first-order valence-electron chi connectivity index (χ1n) is 11.0. The first-order chi connectivity index (χ1) is 13.3. The molecule has 4 aliphatic rings. The van der Waals surface area contributed by atoms with E-state index in [2.05, 4.69) is 19.9 Å². The van der Waals surface area contributed by atoms with E-state index >= 15 is 0 Å². The summed E-state index contributed by atoms with van der Waals surface area (Å²) in [4.78, 5) is 0. The van der Waals surface area contributed by atoms with E-state index < -0.39 is 18.3 Å². The number of ether oxygens (including phenoxy) is 2. The van der Waals surface area contributed by atoms with Crippen LogP contribution in [0.25, 0.3) is 0 Å². The number of hydrogen-bond donors (Lipinski definition) is 3. The van der Waals surface area contributed by atoms with E-state index in [1.165, 1.54) is 5.57 Å². The Morgan fingerprint density at radius 2 is 1.89 bits per heavy atom. The second-order valence-electron chi connectivity index (χ2n) is 10.4. The van der Waals surface area contributed by atoms with Gasteiger partial charge in [-0.1, -0.05) is 25.5 Å². The summed E-state index contributed by atoms with van der Waals surface area (Å²) in [6.07, 6.45) is 6.20. The Hall–Kier alpha value is -0.460. The van der Waals surface area contributed by atoms with Crippen LogP contribution in [-0.4, -0.2) is 60.6 Å². The van der Waals surface area contributed by atoms with Crippen molar-refractivity contribution in [2.75, 3.05) is 20.8 Å². The van der Waals surface area contributed by atoms with E-state index in [9.17, 15) is 15.3 Å². The minimum absolute atomic E-state index is 0.0458. The maximum absolute atomic E-state index is 11.2. The second kappa shape index (κ2) is 7.35. The van der Waals surface area contributed by atoms with E-state index in [1.807, 2.05) is 0 Å². The average molecular weight is 395 g/mol. The zero-order valence-electron chi connectivity index (χ0n) is 17.8. The molecule has 0 radical (unpaired) electrons. The van der Waals surface area contributed by atoms with Crippen LogP contribution in [0.4, 0.5) is 0 Å². The quantitative estimate of drug-likeness (QED) is 0.639. The number of fused-ring (bicyclic) bond motifs is 5. The van der Waals surface area contributed by atoms with Gasteiger partial charge in [-0.15, -0.1) is 0 Å². The van der Waals surface area contributed by atoms with Crippen LogP contribution in [-0.2, 0) is 9.47 Å². The van der Waals surface area contributed by atoms with E-state index in [-0.39, 0.29) is 28.8 Å². The molecule has 160 valence electrons. The highest BCUT2D eigenvalue weighted by Crippen LogP contribution is 2.66. The maximum Gasteiger partial charge on any atom is 0.0867 e. The van der Waals surface area contributed by atoms with Gasteiger partial charge in [0.05, 0.1) is 31.0 Å². The van der Waals surface area contributed by atoms with Crippen molar-refractivity contribution in [1.82, 2.24) is 0 Å². The van der Waals surface area contributed by atoms with Crippen molar-refractivity contribution in [2.45, 2.75) is 76.8 Å². The van der Waals surface area contributed by atoms with Crippen molar-refractivity contribution in [3.63, 3.8) is 0 Å². The first kappa shape index (κ1) is 20.8. The monoisotopic (exact) mass is 394 g/mol. The van der Waals surface area contributed by atoms with E-state index in [0.717, 1.165) is 25.7 Å². The molecule has 4 aliphatic carbocycles. The average Bonchev–Trinajstić information content (AvgIpc) is 2.99. The fourth-order valence-electron chi connectivity index (χ4n) is 7.86. The molecule has 5 heteroatoms. The SMILES string of the molecule is COC[C@@H](O)[C@H]1CC[C@H]2[C@@H]3[C@@H](O)C=C4C[C@@H](OC)[C@H](O)C[C@]4(C)[C@H]3CC[C@]12C. The number of hydrogen-bond acceptors (Lipinski definition) is 5. The van der Waals surface area contributed by atoms with Crippen LogP contribution in [0, 0.1) is 34.5 Å². The zero-order chi connectivity index (χ0) is 20.3. The van der Waals surface area contributed by atoms with Crippen LogP contribution in [0.3, 0.4) is 0 Å². The van der Waals surface area contributed by atoms with Gasteiger partial charge < -0.3 is 24.8 Å². The molecule has 0 heterocycles. The highest BCUT2D eigenvalue weighted by Gasteiger charge is 2.62. The third-order valence-electron chi connectivity index (χ3n) is 9.31. The Balaban J connectivity index is 1.65. The molecule has 5 nitrogen and oxygen atoms in total. The van der Waals surface area contributed by atoms with Crippen LogP contribution in [0.1, 0.15) is 52.4 Å². The number of rotatable bonds is 4. The summed E-state index contributed by atoms with van der Waals surface area (Å²) in [6, 6.07) is 0. The van der Waals surface area contributed by atoms with Gasteiger partial charge in [0.1, 0.15) is 0 Å². The van der Waals surface area contributed by atoms with Gasteiger partial charge in [-0.05, 0) is 73.0 Å². The molecular weight excluding hydrogens is 356 g/mol. The molecule has 10 atom stereocenters.